The van der Waals surface area contributed by atoms with Gasteiger partial charge in [-0.15, -0.1) is 0 Å². The summed E-state index contributed by atoms with van der Waals surface area (Å²) in [6, 6.07) is 5.24. The molecule has 14 heavy (non-hydrogen) atoms. The number of nitrogen functional groups attached to an aromatic ring is 1. The van der Waals surface area contributed by atoms with Crippen LogP contribution in [-0.2, 0) is 0 Å². The van der Waals surface area contributed by atoms with Crippen molar-refractivity contribution >= 4 is 16.7 Å². The molecule has 0 atom stereocenters. The Morgan fingerprint density at radius 1 is 1.43 bits per heavy atom. The van der Waals surface area contributed by atoms with Crippen LogP contribution in [0.25, 0.3) is 10.9 Å². The second-order valence-corrected chi connectivity index (χ2v) is 3.63. The van der Waals surface area contributed by atoms with Crippen molar-refractivity contribution in [1.29, 1.82) is 0 Å². The van der Waals surface area contributed by atoms with Gasteiger partial charge in [0.25, 0.3) is 0 Å². The number of rotatable bonds is 1. The summed E-state index contributed by atoms with van der Waals surface area (Å²) in [5.41, 5.74) is 6.71. The van der Waals surface area contributed by atoms with Crippen molar-refractivity contribution in [3.8, 4) is 5.75 Å². The zero-order valence-electron chi connectivity index (χ0n) is 8.23. The van der Waals surface area contributed by atoms with Gasteiger partial charge in [0.05, 0.1) is 5.52 Å². The van der Waals surface area contributed by atoms with Gasteiger partial charge in [0.2, 0.25) is 0 Å². The third kappa shape index (κ3) is 1.19. The summed E-state index contributed by atoms with van der Waals surface area (Å²) in [6.07, 6.45) is 0. The quantitative estimate of drug-likeness (QED) is 0.723. The van der Waals surface area contributed by atoms with E-state index in [2.05, 4.69) is 5.10 Å². The first-order valence-corrected chi connectivity index (χ1v) is 4.56. The fraction of sp³-hybridized carbons (Fsp3) is 0.300. The SMILES string of the molecule is CC(C)n1nc2ccc(O)cc2c1N. The third-order valence-electron chi connectivity index (χ3n) is 2.21. The van der Waals surface area contributed by atoms with Crippen LogP contribution < -0.4 is 5.73 Å². The molecule has 0 radical (unpaired) electrons. The molecule has 0 aliphatic carbocycles. The number of aromatic nitrogens is 2. The highest BCUT2D eigenvalue weighted by molar-refractivity contribution is 5.90. The summed E-state index contributed by atoms with van der Waals surface area (Å²) >= 11 is 0. The molecule has 4 heteroatoms. The minimum atomic E-state index is 0.215. The maximum absolute atomic E-state index is 9.31. The second-order valence-electron chi connectivity index (χ2n) is 3.63. The molecule has 1 aromatic carbocycles. The molecule has 0 saturated carbocycles. The van der Waals surface area contributed by atoms with Crippen LogP contribution in [-0.4, -0.2) is 14.9 Å². The van der Waals surface area contributed by atoms with E-state index in [0.717, 1.165) is 10.9 Å². The molecule has 0 unspecified atom stereocenters. The third-order valence-corrected chi connectivity index (χ3v) is 2.21. The number of hydrogen-bond donors (Lipinski definition) is 2. The maximum atomic E-state index is 9.31. The maximum Gasteiger partial charge on any atom is 0.130 e. The Labute approximate surface area is 81.9 Å². The number of nitrogens with two attached hydrogens (primary N) is 1. The van der Waals surface area contributed by atoms with Crippen molar-refractivity contribution in [3.05, 3.63) is 18.2 Å². The van der Waals surface area contributed by atoms with E-state index in [1.54, 1.807) is 22.9 Å². The average molecular weight is 191 g/mol. The first-order valence-electron chi connectivity index (χ1n) is 4.56. The van der Waals surface area contributed by atoms with Crippen molar-refractivity contribution in [2.24, 2.45) is 0 Å². The summed E-state index contributed by atoms with van der Waals surface area (Å²) in [5, 5.41) is 14.4. The number of benzene rings is 1. The van der Waals surface area contributed by atoms with Gasteiger partial charge in [-0.25, -0.2) is 4.68 Å². The van der Waals surface area contributed by atoms with Crippen molar-refractivity contribution in [2.45, 2.75) is 19.9 Å². The monoisotopic (exact) mass is 191 g/mol. The lowest BCUT2D eigenvalue weighted by atomic mass is 10.2. The Morgan fingerprint density at radius 3 is 2.79 bits per heavy atom. The molecular formula is C10H13N3O. The molecule has 1 aromatic heterocycles. The number of phenolic OH excluding ortho intramolecular Hbond substituents is 1. The lowest BCUT2D eigenvalue weighted by Crippen LogP contribution is -2.06. The Kier molecular flexibility index (Phi) is 1.84. The Bertz CT molecular complexity index is 473. The van der Waals surface area contributed by atoms with Gasteiger partial charge >= 0.3 is 0 Å². The van der Waals surface area contributed by atoms with Crippen LogP contribution >= 0.6 is 0 Å². The fourth-order valence-corrected chi connectivity index (χ4v) is 1.50. The zero-order valence-corrected chi connectivity index (χ0v) is 8.23. The van der Waals surface area contributed by atoms with E-state index >= 15 is 0 Å². The van der Waals surface area contributed by atoms with Crippen LogP contribution in [0.4, 0.5) is 5.82 Å². The van der Waals surface area contributed by atoms with E-state index in [4.69, 9.17) is 5.73 Å². The average Bonchev–Trinajstić information content (AvgIpc) is 2.44. The summed E-state index contributed by atoms with van der Waals surface area (Å²) < 4.78 is 1.75. The van der Waals surface area contributed by atoms with E-state index in [9.17, 15) is 5.11 Å². The number of aromatic hydroxyl groups is 1. The fourth-order valence-electron chi connectivity index (χ4n) is 1.50. The van der Waals surface area contributed by atoms with Crippen molar-refractivity contribution in [3.63, 3.8) is 0 Å². The molecule has 74 valence electrons. The molecule has 0 fully saturated rings. The number of phenols is 1. The normalized spacial score (nSPS) is 11.4. The van der Waals surface area contributed by atoms with Gasteiger partial charge in [0.15, 0.2) is 0 Å². The molecule has 1 heterocycles. The summed E-state index contributed by atoms with van der Waals surface area (Å²) in [4.78, 5) is 0. The summed E-state index contributed by atoms with van der Waals surface area (Å²) in [6.45, 7) is 4.03. The minimum Gasteiger partial charge on any atom is -0.508 e. The molecular weight excluding hydrogens is 178 g/mol. The van der Waals surface area contributed by atoms with Crippen LogP contribution in [0.15, 0.2) is 18.2 Å². The molecule has 0 aliphatic heterocycles. The zero-order chi connectivity index (χ0) is 10.3. The molecule has 4 nitrogen and oxygen atoms in total. The molecule has 0 saturated heterocycles. The topological polar surface area (TPSA) is 64.1 Å². The molecule has 2 aromatic rings. The predicted octanol–water partition coefficient (Wildman–Crippen LogP) is 1.90. The van der Waals surface area contributed by atoms with E-state index < -0.39 is 0 Å². The number of nitrogens with zero attached hydrogens (tertiary/aromatic N) is 2. The first kappa shape index (κ1) is 8.87. The first-order chi connectivity index (χ1) is 6.59. The molecule has 0 spiro atoms. The smallest absolute Gasteiger partial charge is 0.130 e. The molecule has 3 N–H and O–H groups in total. The lowest BCUT2D eigenvalue weighted by molar-refractivity contribution is 0.476. The van der Waals surface area contributed by atoms with Gasteiger partial charge in [-0.05, 0) is 32.0 Å². The van der Waals surface area contributed by atoms with Crippen LogP contribution in [0.5, 0.6) is 5.75 Å². The molecule has 0 bridgehead atoms. The van der Waals surface area contributed by atoms with Crippen LogP contribution in [0.1, 0.15) is 19.9 Å². The van der Waals surface area contributed by atoms with E-state index in [-0.39, 0.29) is 11.8 Å². The van der Waals surface area contributed by atoms with Gasteiger partial charge in [0, 0.05) is 11.4 Å². The lowest BCUT2D eigenvalue weighted by Gasteiger charge is -2.06. The summed E-state index contributed by atoms with van der Waals surface area (Å²) in [5.74, 6) is 0.818. The van der Waals surface area contributed by atoms with Gasteiger partial charge in [-0.3, -0.25) is 0 Å². The van der Waals surface area contributed by atoms with E-state index in [1.165, 1.54) is 0 Å². The van der Waals surface area contributed by atoms with E-state index in [1.807, 2.05) is 13.8 Å². The van der Waals surface area contributed by atoms with Gasteiger partial charge in [-0.2, -0.15) is 5.10 Å². The second kappa shape index (κ2) is 2.90. The number of hydrogen-bond acceptors (Lipinski definition) is 3. The van der Waals surface area contributed by atoms with Crippen molar-refractivity contribution in [1.82, 2.24) is 9.78 Å². The van der Waals surface area contributed by atoms with E-state index in [0.29, 0.717) is 5.82 Å². The standard InChI is InChI=1S/C10H13N3O/c1-6(2)13-10(11)8-5-7(14)3-4-9(8)12-13/h3-6,14H,11H2,1-2H3. The van der Waals surface area contributed by atoms with Gasteiger partial charge in [0.1, 0.15) is 11.6 Å². The molecule has 0 aliphatic rings. The van der Waals surface area contributed by atoms with Crippen LogP contribution in [0, 0.1) is 0 Å². The van der Waals surface area contributed by atoms with Gasteiger partial charge in [-0.1, -0.05) is 0 Å². The molecule has 2 rings (SSSR count). The Hall–Kier alpha value is -1.71. The van der Waals surface area contributed by atoms with Crippen molar-refractivity contribution < 1.29 is 5.11 Å². The minimum absolute atomic E-state index is 0.215. The highest BCUT2D eigenvalue weighted by Gasteiger charge is 2.10. The molecule has 0 amide bonds. The van der Waals surface area contributed by atoms with Crippen molar-refractivity contribution in [2.75, 3.05) is 5.73 Å². The highest BCUT2D eigenvalue weighted by atomic mass is 16.3. The Balaban J connectivity index is 2.74. The van der Waals surface area contributed by atoms with Gasteiger partial charge < -0.3 is 10.8 Å². The number of fused-ring (bicyclic) bond motifs is 1. The summed E-state index contributed by atoms with van der Waals surface area (Å²) in [7, 11) is 0. The van der Waals surface area contributed by atoms with Crippen LogP contribution in [0.2, 0.25) is 0 Å². The predicted molar refractivity (Wildman–Crippen MR) is 56.2 cm³/mol. The highest BCUT2D eigenvalue weighted by Crippen LogP contribution is 2.26. The Morgan fingerprint density at radius 2 is 2.14 bits per heavy atom. The van der Waals surface area contributed by atoms with Crippen LogP contribution in [0.3, 0.4) is 0 Å². The number of anilines is 1. The largest absolute Gasteiger partial charge is 0.508 e.